The van der Waals surface area contributed by atoms with Crippen LogP contribution >= 0.6 is 7.82 Å². The number of aliphatic hydroxyl groups excluding tert-OH is 2. The number of carbonyl (C=O) groups is 4. The highest BCUT2D eigenvalue weighted by atomic mass is 31.2. The molecule has 0 spiro atoms. The number of carbonyl (C=O) groups excluding carboxylic acids is 3. The van der Waals surface area contributed by atoms with E-state index in [2.05, 4.69) is 54.8 Å². The number of aliphatic carboxylic acids is 1. The summed E-state index contributed by atoms with van der Waals surface area (Å²) >= 11 is 0. The Morgan fingerprint density at radius 3 is 2.03 bits per heavy atom. The van der Waals surface area contributed by atoms with Crippen LogP contribution in [0.3, 0.4) is 0 Å². The third-order valence-electron chi connectivity index (χ3n) is 9.96. The van der Waals surface area contributed by atoms with E-state index in [-0.39, 0.29) is 31.0 Å². The fourth-order valence-corrected chi connectivity index (χ4v) is 7.22. The molecule has 14 nitrogen and oxygen atoms in total. The van der Waals surface area contributed by atoms with Gasteiger partial charge in [0.2, 0.25) is 0 Å². The van der Waals surface area contributed by atoms with Crippen molar-refractivity contribution in [3.8, 4) is 0 Å². The summed E-state index contributed by atoms with van der Waals surface area (Å²) in [4.78, 5) is 58.7. The molecule has 1 aliphatic carbocycles. The van der Waals surface area contributed by atoms with Crippen molar-refractivity contribution >= 4 is 31.5 Å². The molecule has 6 N–H and O–H groups in total. The first-order chi connectivity index (χ1) is 28.3. The van der Waals surface area contributed by atoms with Crippen LogP contribution in [-0.2, 0) is 42.3 Å². The highest BCUT2D eigenvalue weighted by Gasteiger charge is 2.39. The van der Waals surface area contributed by atoms with Gasteiger partial charge in [0, 0.05) is 25.2 Å². The Morgan fingerprint density at radius 1 is 0.797 bits per heavy atom. The fourth-order valence-electron chi connectivity index (χ4n) is 6.45. The normalized spacial score (nSPS) is 19.8. The first-order valence-corrected chi connectivity index (χ1v) is 23.3. The average molecular weight is 856 g/mol. The van der Waals surface area contributed by atoms with Gasteiger partial charge in [0.25, 0.3) is 0 Å². The van der Waals surface area contributed by atoms with Crippen LogP contribution in [0.1, 0.15) is 149 Å². The number of Topliss-reactive ketones (excluding diaryl/α,β-unsaturated/α-hetero) is 1. The standard InChI is InChI=1S/C44H74NO13P/c1-3-5-7-8-9-10-11-12-13-14-15-16-17-18-24-28-43(50)58-36(33-56-59(53,54)57-34-39(45)44(51)52)32-55-42(49)27-23-20-19-22-26-37-38(41(48)31-40(37)47)30-29-35(46)25-21-6-4-2/h9-10,12-13,15-16,29-30,35-40,46-47H,3-8,11,14,17-28,31-34,45H2,1-2H3,(H,51,52)(H,53,54)/b10-9-,13-12-,16-15-,30-29+/t35-,36+,37+,38+,39-,40-/m0/s1. The molecule has 1 aliphatic rings. The SMILES string of the molecule is CCCCC/C=C\C/C=C\C/C=C\CCCCC(=O)O[C@H](COC(=O)CCCCCC[C@H]1[C@@H](O)CC(=O)[C@@H]1/C=C/[C@@H](O)CCCCC)COP(=O)(O)OC[C@H](N)C(=O)O. The van der Waals surface area contributed by atoms with Gasteiger partial charge in [0.05, 0.1) is 25.4 Å². The van der Waals surface area contributed by atoms with Gasteiger partial charge in [0.1, 0.15) is 18.4 Å². The second-order valence-corrected chi connectivity index (χ2v) is 16.7. The second kappa shape index (κ2) is 33.7. The zero-order valence-electron chi connectivity index (χ0n) is 35.5. The van der Waals surface area contributed by atoms with Crippen molar-refractivity contribution in [2.75, 3.05) is 19.8 Å². The lowest BCUT2D eigenvalue weighted by Crippen LogP contribution is -2.34. The molecule has 15 heteroatoms. The van der Waals surface area contributed by atoms with Gasteiger partial charge in [-0.05, 0) is 70.1 Å². The summed E-state index contributed by atoms with van der Waals surface area (Å²) in [6.07, 6.45) is 29.5. The van der Waals surface area contributed by atoms with Crippen molar-refractivity contribution in [1.82, 2.24) is 0 Å². The van der Waals surface area contributed by atoms with Gasteiger partial charge in [-0.2, -0.15) is 0 Å². The van der Waals surface area contributed by atoms with Crippen LogP contribution in [0.2, 0.25) is 0 Å². The molecule has 0 saturated heterocycles. The first-order valence-electron chi connectivity index (χ1n) is 21.8. The number of phosphoric ester groups is 1. The molecule has 1 fully saturated rings. The molecule has 0 aromatic carbocycles. The van der Waals surface area contributed by atoms with E-state index in [1.54, 1.807) is 12.2 Å². The quantitative estimate of drug-likeness (QED) is 0.0174. The van der Waals surface area contributed by atoms with E-state index in [0.29, 0.717) is 32.1 Å². The fraction of sp³-hybridized carbons (Fsp3) is 0.727. The second-order valence-electron chi connectivity index (χ2n) is 15.3. The lowest BCUT2D eigenvalue weighted by atomic mass is 9.88. The lowest BCUT2D eigenvalue weighted by Gasteiger charge is -2.20. The number of carboxylic acid groups (broad SMARTS) is 1. The molecule has 0 amide bonds. The number of ketones is 1. The summed E-state index contributed by atoms with van der Waals surface area (Å²) in [5.41, 5.74) is 5.32. The van der Waals surface area contributed by atoms with Crippen molar-refractivity contribution in [3.63, 3.8) is 0 Å². The van der Waals surface area contributed by atoms with Gasteiger partial charge in [-0.25, -0.2) is 4.57 Å². The number of nitrogens with two attached hydrogens (primary N) is 1. The van der Waals surface area contributed by atoms with Gasteiger partial charge >= 0.3 is 25.7 Å². The maximum Gasteiger partial charge on any atom is 0.472 e. The van der Waals surface area contributed by atoms with Gasteiger partial charge in [-0.15, -0.1) is 0 Å². The van der Waals surface area contributed by atoms with E-state index >= 15 is 0 Å². The number of hydrogen-bond acceptors (Lipinski definition) is 12. The molecule has 1 unspecified atom stereocenters. The molecule has 0 aromatic rings. The molecule has 0 aliphatic heterocycles. The maximum absolute atomic E-state index is 12.6. The highest BCUT2D eigenvalue weighted by Crippen LogP contribution is 2.43. The number of carboxylic acids is 1. The van der Waals surface area contributed by atoms with E-state index in [0.717, 1.165) is 64.2 Å². The first kappa shape index (κ1) is 54.0. The van der Waals surface area contributed by atoms with E-state index < -0.39 is 75.8 Å². The molecule has 1 saturated carbocycles. The Kier molecular flexibility index (Phi) is 30.9. The number of ether oxygens (including phenoxy) is 2. The number of unbranched alkanes of at least 4 members (excludes halogenated alkanes) is 10. The topological polar surface area (TPSA) is 229 Å². The predicted octanol–water partition coefficient (Wildman–Crippen LogP) is 7.98. The maximum atomic E-state index is 12.6. The monoisotopic (exact) mass is 855 g/mol. The molecule has 59 heavy (non-hydrogen) atoms. The zero-order valence-corrected chi connectivity index (χ0v) is 36.4. The average Bonchev–Trinajstić information content (AvgIpc) is 3.47. The summed E-state index contributed by atoms with van der Waals surface area (Å²) in [5.74, 6) is -3.27. The minimum Gasteiger partial charge on any atom is -0.480 e. The smallest absolute Gasteiger partial charge is 0.472 e. The molecule has 0 aromatic heterocycles. The number of rotatable bonds is 36. The Bertz CT molecular complexity index is 1350. The number of allylic oxidation sites excluding steroid dienone is 7. The zero-order chi connectivity index (χ0) is 43.7. The number of phosphoric acid groups is 1. The van der Waals surface area contributed by atoms with E-state index in [1.165, 1.54) is 19.3 Å². The van der Waals surface area contributed by atoms with Crippen molar-refractivity contribution in [1.29, 1.82) is 0 Å². The van der Waals surface area contributed by atoms with E-state index in [9.17, 15) is 38.8 Å². The van der Waals surface area contributed by atoms with Gasteiger partial charge in [-0.3, -0.25) is 28.2 Å². The van der Waals surface area contributed by atoms with Crippen molar-refractivity contribution in [3.05, 3.63) is 48.6 Å². The summed E-state index contributed by atoms with van der Waals surface area (Å²) in [6, 6.07) is -1.57. The third kappa shape index (κ3) is 28.2. The number of hydrogen-bond donors (Lipinski definition) is 5. The lowest BCUT2D eigenvalue weighted by molar-refractivity contribution is -0.161. The summed E-state index contributed by atoms with van der Waals surface area (Å²) in [5, 5.41) is 29.6. The van der Waals surface area contributed by atoms with Crippen LogP contribution in [0.4, 0.5) is 0 Å². The molecule has 0 heterocycles. The minimum atomic E-state index is -4.79. The van der Waals surface area contributed by atoms with Crippen molar-refractivity contribution in [2.24, 2.45) is 17.6 Å². The molecular formula is C44H74NO13P. The van der Waals surface area contributed by atoms with Crippen molar-refractivity contribution in [2.45, 2.75) is 173 Å². The van der Waals surface area contributed by atoms with E-state index in [1.807, 2.05) is 0 Å². The van der Waals surface area contributed by atoms with Gasteiger partial charge in [0.15, 0.2) is 6.10 Å². The van der Waals surface area contributed by atoms with Crippen LogP contribution in [0.15, 0.2) is 48.6 Å². The molecular weight excluding hydrogens is 781 g/mol. The Balaban J connectivity index is 2.51. The minimum absolute atomic E-state index is 0.0210. The van der Waals surface area contributed by atoms with Crippen molar-refractivity contribution < 1.29 is 62.5 Å². The molecule has 7 atom stereocenters. The number of aliphatic hydroxyl groups is 2. The number of esters is 2. The Morgan fingerprint density at radius 2 is 1.37 bits per heavy atom. The Hall–Kier alpha value is -2.97. The van der Waals surface area contributed by atoms with Crippen LogP contribution < -0.4 is 5.73 Å². The largest absolute Gasteiger partial charge is 0.480 e. The molecule has 338 valence electrons. The summed E-state index contributed by atoms with van der Waals surface area (Å²) < 4.78 is 32.6. The molecule has 0 radical (unpaired) electrons. The van der Waals surface area contributed by atoms with Crippen LogP contribution in [0.25, 0.3) is 0 Å². The highest BCUT2D eigenvalue weighted by molar-refractivity contribution is 7.47. The van der Waals surface area contributed by atoms with Crippen LogP contribution in [-0.4, -0.2) is 88.1 Å². The molecule has 1 rings (SSSR count). The molecule has 0 bridgehead atoms. The third-order valence-corrected chi connectivity index (χ3v) is 10.9. The summed E-state index contributed by atoms with van der Waals surface area (Å²) in [7, 11) is -4.79. The van der Waals surface area contributed by atoms with Gasteiger partial charge < -0.3 is 35.4 Å². The van der Waals surface area contributed by atoms with Crippen LogP contribution in [0.5, 0.6) is 0 Å². The Labute approximate surface area is 352 Å². The van der Waals surface area contributed by atoms with Crippen LogP contribution in [0, 0.1) is 11.8 Å². The predicted molar refractivity (Wildman–Crippen MR) is 227 cm³/mol. The summed E-state index contributed by atoms with van der Waals surface area (Å²) in [6.45, 7) is 2.38. The van der Waals surface area contributed by atoms with Gasteiger partial charge in [-0.1, -0.05) is 114 Å². The van der Waals surface area contributed by atoms with E-state index in [4.69, 9.17) is 24.8 Å².